The van der Waals surface area contributed by atoms with Crippen LogP contribution in [0.4, 0.5) is 4.39 Å². The van der Waals surface area contributed by atoms with Gasteiger partial charge in [0.2, 0.25) is 5.88 Å². The lowest BCUT2D eigenvalue weighted by atomic mass is 9.87. The molecule has 0 amide bonds. The molecule has 39 heavy (non-hydrogen) atoms. The van der Waals surface area contributed by atoms with Gasteiger partial charge in [-0.1, -0.05) is 12.1 Å². The first-order valence-corrected chi connectivity index (χ1v) is 13.1. The number of ether oxygens (including phenoxy) is 3. The van der Waals surface area contributed by atoms with Crippen LogP contribution in [0.25, 0.3) is 11.0 Å². The van der Waals surface area contributed by atoms with Crippen LogP contribution in [0.5, 0.6) is 23.3 Å². The van der Waals surface area contributed by atoms with Crippen molar-refractivity contribution in [3.8, 4) is 23.3 Å². The molecule has 3 aromatic heterocycles. The lowest BCUT2D eigenvalue weighted by molar-refractivity contribution is -0.133. The molecule has 0 unspecified atom stereocenters. The third-order valence-electron chi connectivity index (χ3n) is 6.91. The van der Waals surface area contributed by atoms with E-state index < -0.39 is 5.41 Å². The molecule has 1 aromatic carbocycles. The van der Waals surface area contributed by atoms with Gasteiger partial charge < -0.3 is 14.2 Å². The Hall–Kier alpha value is -3.92. The second-order valence-electron chi connectivity index (χ2n) is 9.41. The first-order chi connectivity index (χ1) is 18.7. The number of halogens is 2. The first kappa shape index (κ1) is 26.7. The third kappa shape index (κ3) is 5.34. The molecule has 0 spiro atoms. The number of carbonyl (C=O) groups excluding carboxylic acids is 2. The van der Waals surface area contributed by atoms with E-state index in [1.165, 1.54) is 26.4 Å². The number of pyridine rings is 3. The quantitative estimate of drug-likeness (QED) is 0.214. The van der Waals surface area contributed by atoms with Crippen molar-refractivity contribution in [3.63, 3.8) is 0 Å². The Morgan fingerprint density at radius 1 is 0.949 bits per heavy atom. The summed E-state index contributed by atoms with van der Waals surface area (Å²) in [4.78, 5) is 39.7. The molecule has 1 aliphatic carbocycles. The van der Waals surface area contributed by atoms with E-state index in [1.54, 1.807) is 43.5 Å². The van der Waals surface area contributed by atoms with Crippen molar-refractivity contribution in [2.75, 3.05) is 14.2 Å². The number of methoxy groups -OCH3 is 2. The zero-order chi connectivity index (χ0) is 27.7. The maximum atomic E-state index is 13.3. The van der Waals surface area contributed by atoms with Gasteiger partial charge in [0.05, 0.1) is 29.6 Å². The molecule has 8 nitrogen and oxygen atoms in total. The molecule has 0 saturated heterocycles. The summed E-state index contributed by atoms with van der Waals surface area (Å²) in [5.74, 6) is 0.823. The van der Waals surface area contributed by atoms with Crippen molar-refractivity contribution in [3.05, 3.63) is 75.8 Å². The molecule has 0 atom stereocenters. The Bertz CT molecular complexity index is 1590. The Labute approximate surface area is 232 Å². The molecule has 1 fully saturated rings. The molecule has 200 valence electrons. The van der Waals surface area contributed by atoms with E-state index in [4.69, 9.17) is 14.2 Å². The van der Waals surface area contributed by atoms with E-state index in [0.717, 1.165) is 0 Å². The topological polar surface area (TPSA) is 100 Å². The molecule has 4 aromatic rings. The molecule has 10 heteroatoms. The van der Waals surface area contributed by atoms with Crippen LogP contribution >= 0.6 is 15.9 Å². The molecule has 1 saturated carbocycles. The highest BCUT2D eigenvalue weighted by Gasteiger charge is 2.54. The number of rotatable bonds is 10. The van der Waals surface area contributed by atoms with Crippen molar-refractivity contribution >= 4 is 38.5 Å². The van der Waals surface area contributed by atoms with Gasteiger partial charge in [-0.3, -0.25) is 14.6 Å². The summed E-state index contributed by atoms with van der Waals surface area (Å²) in [7, 11) is 3.02. The summed E-state index contributed by atoms with van der Waals surface area (Å²) < 4.78 is 30.5. The van der Waals surface area contributed by atoms with Crippen LogP contribution in [0.2, 0.25) is 0 Å². The maximum Gasteiger partial charge on any atom is 0.257 e. The van der Waals surface area contributed by atoms with Gasteiger partial charge in [-0.25, -0.2) is 14.4 Å². The number of fused-ring (bicyclic) bond motifs is 1. The molecule has 5 rings (SSSR count). The summed E-state index contributed by atoms with van der Waals surface area (Å²) in [6.07, 6.45) is 2.82. The fraction of sp³-hybridized carbons (Fsp3) is 0.276. The largest absolute Gasteiger partial charge is 0.491 e. The van der Waals surface area contributed by atoms with E-state index in [0.29, 0.717) is 68.4 Å². The maximum absolute atomic E-state index is 13.3. The second kappa shape index (κ2) is 10.7. The standard InChI is InChI=1S/C29H25BrFN3O5/c1-16-18(14-25(36)29(9-10-29)24(35)12-17-4-6-19(31)7-5-17)13-20(30)27(33-16)39-22-8-11-32-21-15-23(37-2)28(38-3)34-26(21)22/h4-8,11,13,15H,9-10,12,14H2,1-3H3. The van der Waals surface area contributed by atoms with Gasteiger partial charge in [-0.2, -0.15) is 0 Å². The van der Waals surface area contributed by atoms with Crippen molar-refractivity contribution < 1.29 is 28.2 Å². The normalized spacial score (nSPS) is 13.7. The summed E-state index contributed by atoms with van der Waals surface area (Å²) in [5, 5.41) is 0. The molecule has 0 N–H and O–H groups in total. The minimum atomic E-state index is -0.982. The minimum absolute atomic E-state index is 0.0730. The number of hydrogen-bond donors (Lipinski definition) is 0. The van der Waals surface area contributed by atoms with Crippen molar-refractivity contribution in [2.24, 2.45) is 5.41 Å². The van der Waals surface area contributed by atoms with Gasteiger partial charge in [-0.05, 0) is 65.0 Å². The van der Waals surface area contributed by atoms with Gasteiger partial charge >= 0.3 is 0 Å². The van der Waals surface area contributed by atoms with Gasteiger partial charge in [0.25, 0.3) is 5.88 Å². The van der Waals surface area contributed by atoms with Crippen LogP contribution in [0.3, 0.4) is 0 Å². The number of aromatic nitrogens is 3. The zero-order valence-corrected chi connectivity index (χ0v) is 23.2. The molecule has 3 heterocycles. The van der Waals surface area contributed by atoms with Crippen LogP contribution in [-0.2, 0) is 22.4 Å². The predicted molar refractivity (Wildman–Crippen MR) is 145 cm³/mol. The first-order valence-electron chi connectivity index (χ1n) is 12.3. The van der Waals surface area contributed by atoms with Gasteiger partial charge in [0, 0.05) is 36.9 Å². The number of ketones is 2. The van der Waals surface area contributed by atoms with Crippen LogP contribution in [0.1, 0.15) is 29.7 Å². The highest BCUT2D eigenvalue weighted by atomic mass is 79.9. The summed E-state index contributed by atoms with van der Waals surface area (Å²) in [6, 6.07) is 11.0. The molecular weight excluding hydrogens is 569 g/mol. The zero-order valence-electron chi connectivity index (χ0n) is 21.6. The minimum Gasteiger partial charge on any atom is -0.491 e. The highest BCUT2D eigenvalue weighted by molar-refractivity contribution is 9.10. The predicted octanol–water partition coefficient (Wildman–Crippen LogP) is 5.75. The van der Waals surface area contributed by atoms with E-state index >= 15 is 0 Å². The van der Waals surface area contributed by atoms with Gasteiger partial charge in [0.15, 0.2) is 23.1 Å². The third-order valence-corrected chi connectivity index (χ3v) is 7.48. The fourth-order valence-corrected chi connectivity index (χ4v) is 4.92. The fourth-order valence-electron chi connectivity index (χ4n) is 4.48. The number of carbonyl (C=O) groups is 2. The number of benzene rings is 1. The SMILES string of the molecule is COc1cc2nccc(Oc3nc(C)c(CC(=O)C4(C(=O)Cc5ccc(F)cc5)CC4)cc3Br)c2nc1OC. The smallest absolute Gasteiger partial charge is 0.257 e. The van der Waals surface area contributed by atoms with Crippen LogP contribution < -0.4 is 14.2 Å². The van der Waals surface area contributed by atoms with Crippen LogP contribution in [-0.4, -0.2) is 40.7 Å². The number of hydrogen-bond acceptors (Lipinski definition) is 8. The summed E-state index contributed by atoms with van der Waals surface area (Å²) >= 11 is 3.51. The van der Waals surface area contributed by atoms with Crippen LogP contribution in [0.15, 0.2) is 53.1 Å². The Morgan fingerprint density at radius 3 is 2.33 bits per heavy atom. The number of Topliss-reactive ketones (excluding diaryl/α,β-unsaturated/α-hetero) is 2. The Balaban J connectivity index is 1.35. The van der Waals surface area contributed by atoms with Crippen molar-refractivity contribution in [1.82, 2.24) is 15.0 Å². The number of nitrogens with zero attached hydrogens (tertiary/aromatic N) is 3. The molecule has 0 radical (unpaired) electrons. The molecular formula is C29H25BrFN3O5. The average molecular weight is 594 g/mol. The van der Waals surface area contributed by atoms with E-state index in [-0.39, 0.29) is 30.2 Å². The highest BCUT2D eigenvalue weighted by Crippen LogP contribution is 2.49. The number of aryl methyl sites for hydroxylation is 1. The Morgan fingerprint density at radius 2 is 1.67 bits per heavy atom. The van der Waals surface area contributed by atoms with E-state index in [1.807, 2.05) is 0 Å². The average Bonchev–Trinajstić information content (AvgIpc) is 3.74. The van der Waals surface area contributed by atoms with Crippen molar-refractivity contribution in [1.29, 1.82) is 0 Å². The van der Waals surface area contributed by atoms with Crippen molar-refractivity contribution in [2.45, 2.75) is 32.6 Å². The van der Waals surface area contributed by atoms with Gasteiger partial charge in [-0.15, -0.1) is 0 Å². The van der Waals surface area contributed by atoms with Crippen LogP contribution in [0, 0.1) is 18.2 Å². The molecule has 0 aliphatic heterocycles. The lowest BCUT2D eigenvalue weighted by Crippen LogP contribution is -2.29. The van der Waals surface area contributed by atoms with Gasteiger partial charge in [0.1, 0.15) is 11.3 Å². The Kier molecular flexibility index (Phi) is 7.31. The molecule has 1 aliphatic rings. The van der Waals surface area contributed by atoms with E-state index in [9.17, 15) is 14.0 Å². The second-order valence-corrected chi connectivity index (χ2v) is 10.3. The van der Waals surface area contributed by atoms with E-state index in [2.05, 4.69) is 30.9 Å². The molecule has 0 bridgehead atoms. The monoisotopic (exact) mass is 593 g/mol. The lowest BCUT2D eigenvalue weighted by Gasteiger charge is -2.16. The summed E-state index contributed by atoms with van der Waals surface area (Å²) in [5.41, 5.74) is 2.04. The summed E-state index contributed by atoms with van der Waals surface area (Å²) in [6.45, 7) is 1.79.